The largest absolute Gasteiger partial charge is 0.320 e. The highest BCUT2D eigenvalue weighted by atomic mass is 127. The SMILES string of the molecule is CNCCCS(=O)(=O)Nc1ccc(Cl)cc1I. The number of hydrogen-bond donors (Lipinski definition) is 2. The van der Waals surface area contributed by atoms with E-state index in [1.807, 2.05) is 22.6 Å². The highest BCUT2D eigenvalue weighted by molar-refractivity contribution is 14.1. The standard InChI is InChI=1S/C10H14ClIN2O2S/c1-13-5-2-6-17(15,16)14-10-4-3-8(11)7-9(10)12/h3-4,7,13-14H,2,5-6H2,1H3. The van der Waals surface area contributed by atoms with Crippen molar-refractivity contribution in [2.75, 3.05) is 24.1 Å². The van der Waals surface area contributed by atoms with Crippen molar-refractivity contribution in [3.63, 3.8) is 0 Å². The molecule has 0 amide bonds. The van der Waals surface area contributed by atoms with E-state index >= 15 is 0 Å². The first-order valence-corrected chi connectivity index (χ1v) is 8.15. The van der Waals surface area contributed by atoms with Crippen molar-refractivity contribution in [2.24, 2.45) is 0 Å². The number of hydrogen-bond acceptors (Lipinski definition) is 3. The zero-order chi connectivity index (χ0) is 12.9. The van der Waals surface area contributed by atoms with Crippen molar-refractivity contribution in [1.82, 2.24) is 5.32 Å². The average molecular weight is 389 g/mol. The Hall–Kier alpha value is -0.0500. The maximum Gasteiger partial charge on any atom is 0.232 e. The molecule has 0 aliphatic heterocycles. The molecule has 1 aromatic carbocycles. The predicted octanol–water partition coefficient (Wildman–Crippen LogP) is 2.30. The minimum atomic E-state index is -3.28. The smallest absolute Gasteiger partial charge is 0.232 e. The van der Waals surface area contributed by atoms with Gasteiger partial charge >= 0.3 is 0 Å². The molecule has 0 radical (unpaired) electrons. The summed E-state index contributed by atoms with van der Waals surface area (Å²) in [5.41, 5.74) is 0.569. The highest BCUT2D eigenvalue weighted by Crippen LogP contribution is 2.23. The monoisotopic (exact) mass is 388 g/mol. The summed E-state index contributed by atoms with van der Waals surface area (Å²) in [4.78, 5) is 0. The Kier molecular flexibility index (Phi) is 5.98. The molecule has 0 heterocycles. The van der Waals surface area contributed by atoms with Crippen LogP contribution in [0.3, 0.4) is 0 Å². The van der Waals surface area contributed by atoms with E-state index in [4.69, 9.17) is 11.6 Å². The van der Waals surface area contributed by atoms with Crippen LogP contribution in [0.2, 0.25) is 5.02 Å². The summed E-state index contributed by atoms with van der Waals surface area (Å²) < 4.78 is 26.8. The van der Waals surface area contributed by atoms with Gasteiger partial charge in [-0.15, -0.1) is 0 Å². The van der Waals surface area contributed by atoms with Gasteiger partial charge < -0.3 is 5.32 Å². The summed E-state index contributed by atoms with van der Waals surface area (Å²) in [6.07, 6.45) is 0.579. The molecule has 1 aromatic rings. The van der Waals surface area contributed by atoms with Crippen LogP contribution in [0.4, 0.5) is 5.69 Å². The van der Waals surface area contributed by atoms with Crippen molar-refractivity contribution in [3.05, 3.63) is 26.8 Å². The molecular formula is C10H14ClIN2O2S. The lowest BCUT2D eigenvalue weighted by Crippen LogP contribution is -2.20. The molecule has 0 saturated carbocycles. The summed E-state index contributed by atoms with van der Waals surface area (Å²) in [6.45, 7) is 0.679. The van der Waals surface area contributed by atoms with Gasteiger partial charge in [-0.25, -0.2) is 8.42 Å². The fourth-order valence-corrected chi connectivity index (χ4v) is 3.56. The van der Waals surface area contributed by atoms with Gasteiger partial charge in [0.2, 0.25) is 10.0 Å². The van der Waals surface area contributed by atoms with E-state index in [1.54, 1.807) is 25.2 Å². The second-order valence-electron chi connectivity index (χ2n) is 3.50. The summed E-state index contributed by atoms with van der Waals surface area (Å²) in [5.74, 6) is 0.104. The van der Waals surface area contributed by atoms with E-state index < -0.39 is 10.0 Å². The van der Waals surface area contributed by atoms with Gasteiger partial charge in [-0.05, 0) is 60.8 Å². The third kappa shape index (κ3) is 5.41. The van der Waals surface area contributed by atoms with Crippen LogP contribution in [0.1, 0.15) is 6.42 Å². The molecule has 0 fully saturated rings. The van der Waals surface area contributed by atoms with Crippen molar-refractivity contribution >= 4 is 49.9 Å². The number of sulfonamides is 1. The Morgan fingerprint density at radius 3 is 2.71 bits per heavy atom. The number of rotatable bonds is 6. The molecule has 0 unspecified atom stereocenters. The van der Waals surface area contributed by atoms with E-state index in [2.05, 4.69) is 10.0 Å². The Labute approximate surface area is 120 Å². The first-order chi connectivity index (χ1) is 7.94. The topological polar surface area (TPSA) is 58.2 Å². The van der Waals surface area contributed by atoms with Crippen LogP contribution in [0.15, 0.2) is 18.2 Å². The average Bonchev–Trinajstić information content (AvgIpc) is 2.22. The minimum Gasteiger partial charge on any atom is -0.320 e. The summed E-state index contributed by atoms with van der Waals surface area (Å²) in [6, 6.07) is 5.04. The molecule has 0 spiro atoms. The molecule has 1 rings (SSSR count). The van der Waals surface area contributed by atoms with Crippen molar-refractivity contribution < 1.29 is 8.42 Å². The van der Waals surface area contributed by atoms with E-state index in [-0.39, 0.29) is 5.75 Å². The van der Waals surface area contributed by atoms with Gasteiger partial charge in [-0.1, -0.05) is 11.6 Å². The zero-order valence-electron chi connectivity index (χ0n) is 9.33. The Morgan fingerprint density at radius 1 is 1.41 bits per heavy atom. The fraction of sp³-hybridized carbons (Fsp3) is 0.400. The van der Waals surface area contributed by atoms with Gasteiger partial charge in [0, 0.05) is 8.59 Å². The molecular weight excluding hydrogens is 375 g/mol. The van der Waals surface area contributed by atoms with Crippen LogP contribution in [0.25, 0.3) is 0 Å². The Balaban J connectivity index is 2.69. The quantitative estimate of drug-likeness (QED) is 0.581. The van der Waals surface area contributed by atoms with Crippen LogP contribution in [0, 0.1) is 3.57 Å². The summed E-state index contributed by atoms with van der Waals surface area (Å²) in [5, 5.41) is 3.50. The second-order valence-corrected chi connectivity index (χ2v) is 6.94. The van der Waals surface area contributed by atoms with Gasteiger partial charge in [0.1, 0.15) is 0 Å². The number of halogens is 2. The summed E-state index contributed by atoms with van der Waals surface area (Å²) >= 11 is 7.85. The molecule has 0 atom stereocenters. The zero-order valence-corrected chi connectivity index (χ0v) is 13.1. The van der Waals surface area contributed by atoms with E-state index in [9.17, 15) is 8.42 Å². The molecule has 17 heavy (non-hydrogen) atoms. The van der Waals surface area contributed by atoms with Crippen molar-refractivity contribution in [3.8, 4) is 0 Å². The lowest BCUT2D eigenvalue weighted by atomic mass is 10.3. The van der Waals surface area contributed by atoms with E-state index in [0.29, 0.717) is 23.7 Å². The van der Waals surface area contributed by atoms with Gasteiger partial charge in [0.25, 0.3) is 0 Å². The molecule has 0 bridgehead atoms. The normalized spacial score (nSPS) is 11.5. The third-order valence-electron chi connectivity index (χ3n) is 2.04. The first-order valence-electron chi connectivity index (χ1n) is 5.05. The number of nitrogens with one attached hydrogen (secondary N) is 2. The third-order valence-corrected chi connectivity index (χ3v) is 4.52. The molecule has 0 aliphatic rings. The van der Waals surface area contributed by atoms with Crippen molar-refractivity contribution in [2.45, 2.75) is 6.42 Å². The van der Waals surface area contributed by atoms with Gasteiger partial charge in [-0.2, -0.15) is 0 Å². The maximum atomic E-state index is 11.7. The lowest BCUT2D eigenvalue weighted by molar-refractivity contribution is 0.597. The summed E-state index contributed by atoms with van der Waals surface area (Å²) in [7, 11) is -1.49. The molecule has 2 N–H and O–H groups in total. The molecule has 0 saturated heterocycles. The van der Waals surface area contributed by atoms with Gasteiger partial charge in [-0.3, -0.25) is 4.72 Å². The van der Waals surface area contributed by atoms with Crippen LogP contribution in [-0.2, 0) is 10.0 Å². The predicted molar refractivity (Wildman–Crippen MR) is 80.1 cm³/mol. The van der Waals surface area contributed by atoms with Gasteiger partial charge in [0.15, 0.2) is 0 Å². The lowest BCUT2D eigenvalue weighted by Gasteiger charge is -2.09. The van der Waals surface area contributed by atoms with Gasteiger partial charge in [0.05, 0.1) is 11.4 Å². The first kappa shape index (κ1) is 15.0. The minimum absolute atomic E-state index is 0.104. The second kappa shape index (κ2) is 6.77. The number of anilines is 1. The van der Waals surface area contributed by atoms with Crippen LogP contribution in [-0.4, -0.2) is 27.8 Å². The fourth-order valence-electron chi connectivity index (χ4n) is 1.23. The van der Waals surface area contributed by atoms with Crippen molar-refractivity contribution in [1.29, 1.82) is 0 Å². The van der Waals surface area contributed by atoms with E-state index in [0.717, 1.165) is 3.57 Å². The van der Waals surface area contributed by atoms with Crippen LogP contribution in [0.5, 0.6) is 0 Å². The van der Waals surface area contributed by atoms with Crippen LogP contribution >= 0.6 is 34.2 Å². The van der Waals surface area contributed by atoms with E-state index in [1.165, 1.54) is 0 Å². The Bertz CT molecular complexity index is 479. The molecule has 0 aliphatic carbocycles. The maximum absolute atomic E-state index is 11.7. The Morgan fingerprint density at radius 2 is 2.12 bits per heavy atom. The molecule has 0 aromatic heterocycles. The molecule has 96 valence electrons. The van der Waals surface area contributed by atoms with Crippen LogP contribution < -0.4 is 10.0 Å². The molecule has 7 heteroatoms. The highest BCUT2D eigenvalue weighted by Gasteiger charge is 2.11. The number of benzene rings is 1. The molecule has 4 nitrogen and oxygen atoms in total.